The van der Waals surface area contributed by atoms with E-state index in [1.54, 1.807) is 11.3 Å². The third-order valence-corrected chi connectivity index (χ3v) is 2.69. The molecule has 1 heterocycles. The Bertz CT molecular complexity index is 272. The molecule has 0 spiro atoms. The lowest BCUT2D eigenvalue weighted by molar-refractivity contribution is 0.287. The molecule has 1 aromatic rings. The average Bonchev–Trinajstić information content (AvgIpc) is 2.50. The number of anilines is 1. The lowest BCUT2D eigenvalue weighted by atomic mass is 10.2. The summed E-state index contributed by atoms with van der Waals surface area (Å²) in [6.45, 7) is 6.41. The Kier molecular flexibility index (Phi) is 4.28. The van der Waals surface area contributed by atoms with E-state index in [2.05, 4.69) is 41.3 Å². The molecule has 1 rings (SSSR count). The van der Waals surface area contributed by atoms with E-state index in [0.717, 1.165) is 23.2 Å². The van der Waals surface area contributed by atoms with Crippen LogP contribution in [-0.2, 0) is 6.54 Å². The van der Waals surface area contributed by atoms with E-state index >= 15 is 0 Å². The molecular formula is C9H18N4S. The molecule has 0 amide bonds. The minimum atomic E-state index is 0.691. The third-order valence-electron chi connectivity index (χ3n) is 1.76. The summed E-state index contributed by atoms with van der Waals surface area (Å²) in [6, 6.07) is 0. The van der Waals surface area contributed by atoms with Crippen LogP contribution in [0.1, 0.15) is 18.9 Å². The van der Waals surface area contributed by atoms with Crippen LogP contribution in [0.4, 0.5) is 5.13 Å². The minimum Gasteiger partial charge on any atom is -0.363 e. The summed E-state index contributed by atoms with van der Waals surface area (Å²) in [6.07, 6.45) is 0. The fourth-order valence-electron chi connectivity index (χ4n) is 1.34. The van der Waals surface area contributed by atoms with E-state index in [0.29, 0.717) is 5.92 Å². The lowest BCUT2D eigenvalue weighted by Gasteiger charge is -2.16. The van der Waals surface area contributed by atoms with E-state index in [1.807, 2.05) is 7.05 Å². The molecule has 4 nitrogen and oxygen atoms in total. The van der Waals surface area contributed by atoms with Gasteiger partial charge >= 0.3 is 0 Å². The molecular weight excluding hydrogens is 196 g/mol. The summed E-state index contributed by atoms with van der Waals surface area (Å²) in [5.41, 5.74) is 0. The molecule has 0 saturated heterocycles. The highest BCUT2D eigenvalue weighted by Gasteiger charge is 2.07. The van der Waals surface area contributed by atoms with Crippen LogP contribution in [0, 0.1) is 5.92 Å². The van der Waals surface area contributed by atoms with Crippen molar-refractivity contribution in [1.82, 2.24) is 15.1 Å². The van der Waals surface area contributed by atoms with Gasteiger partial charge in [0, 0.05) is 13.6 Å². The van der Waals surface area contributed by atoms with Crippen LogP contribution in [0.25, 0.3) is 0 Å². The highest BCUT2D eigenvalue weighted by Crippen LogP contribution is 2.15. The van der Waals surface area contributed by atoms with Crippen LogP contribution in [0.2, 0.25) is 0 Å². The Balaban J connectivity index is 2.43. The van der Waals surface area contributed by atoms with Gasteiger partial charge in [0.25, 0.3) is 0 Å². The molecule has 0 fully saturated rings. The van der Waals surface area contributed by atoms with E-state index < -0.39 is 0 Å². The number of nitrogens with one attached hydrogen (secondary N) is 1. The van der Waals surface area contributed by atoms with Crippen LogP contribution in [0.5, 0.6) is 0 Å². The maximum atomic E-state index is 4.10. The van der Waals surface area contributed by atoms with E-state index in [-0.39, 0.29) is 0 Å². The number of hydrogen-bond donors (Lipinski definition) is 1. The Labute approximate surface area is 89.3 Å². The van der Waals surface area contributed by atoms with Crippen molar-refractivity contribution in [2.75, 3.05) is 26.0 Å². The molecule has 0 aliphatic heterocycles. The average molecular weight is 214 g/mol. The quantitative estimate of drug-likeness (QED) is 0.809. The first-order valence-electron chi connectivity index (χ1n) is 4.80. The van der Waals surface area contributed by atoms with Gasteiger partial charge in [-0.05, 0) is 13.0 Å². The lowest BCUT2D eigenvalue weighted by Crippen LogP contribution is -2.22. The SMILES string of the molecule is CNc1nnc(CN(C)CC(C)C)s1. The highest BCUT2D eigenvalue weighted by atomic mass is 32.1. The Hall–Kier alpha value is -0.680. The molecule has 5 heteroatoms. The van der Waals surface area contributed by atoms with Gasteiger partial charge in [0.15, 0.2) is 0 Å². The van der Waals surface area contributed by atoms with Gasteiger partial charge in [-0.1, -0.05) is 25.2 Å². The van der Waals surface area contributed by atoms with Crippen molar-refractivity contribution in [2.45, 2.75) is 20.4 Å². The molecule has 0 atom stereocenters. The van der Waals surface area contributed by atoms with Crippen LogP contribution in [-0.4, -0.2) is 35.7 Å². The third kappa shape index (κ3) is 3.59. The van der Waals surface area contributed by atoms with Crippen molar-refractivity contribution in [2.24, 2.45) is 5.92 Å². The topological polar surface area (TPSA) is 41.1 Å². The molecule has 0 saturated carbocycles. The molecule has 1 aromatic heterocycles. The number of rotatable bonds is 5. The van der Waals surface area contributed by atoms with Crippen LogP contribution < -0.4 is 5.32 Å². The molecule has 80 valence electrons. The second-order valence-electron chi connectivity index (χ2n) is 3.84. The molecule has 0 aliphatic rings. The predicted molar refractivity (Wildman–Crippen MR) is 60.6 cm³/mol. The Morgan fingerprint density at radius 2 is 2.14 bits per heavy atom. The van der Waals surface area contributed by atoms with Gasteiger partial charge in [-0.15, -0.1) is 10.2 Å². The van der Waals surface area contributed by atoms with E-state index in [1.165, 1.54) is 0 Å². The molecule has 1 N–H and O–H groups in total. The first kappa shape index (κ1) is 11.4. The predicted octanol–water partition coefficient (Wildman–Crippen LogP) is 1.67. The van der Waals surface area contributed by atoms with Crippen molar-refractivity contribution in [3.05, 3.63) is 5.01 Å². The summed E-state index contributed by atoms with van der Waals surface area (Å²) < 4.78 is 0. The van der Waals surface area contributed by atoms with Crippen molar-refractivity contribution < 1.29 is 0 Å². The Morgan fingerprint density at radius 1 is 1.43 bits per heavy atom. The van der Waals surface area contributed by atoms with Crippen LogP contribution in [0.3, 0.4) is 0 Å². The standard InChI is InChI=1S/C9H18N4S/c1-7(2)5-13(4)6-8-11-12-9(10-3)14-8/h7H,5-6H2,1-4H3,(H,10,12). The van der Waals surface area contributed by atoms with Gasteiger partial charge in [-0.3, -0.25) is 4.90 Å². The smallest absolute Gasteiger partial charge is 0.205 e. The zero-order valence-electron chi connectivity index (χ0n) is 9.24. The molecule has 14 heavy (non-hydrogen) atoms. The highest BCUT2D eigenvalue weighted by molar-refractivity contribution is 7.15. The maximum absolute atomic E-state index is 4.10. The minimum absolute atomic E-state index is 0.691. The molecule has 0 unspecified atom stereocenters. The van der Waals surface area contributed by atoms with Crippen molar-refractivity contribution in [3.63, 3.8) is 0 Å². The first-order chi connectivity index (χ1) is 6.61. The molecule has 0 bridgehead atoms. The van der Waals surface area contributed by atoms with Gasteiger partial charge in [0.2, 0.25) is 5.13 Å². The zero-order chi connectivity index (χ0) is 10.6. The van der Waals surface area contributed by atoms with Crippen molar-refractivity contribution in [1.29, 1.82) is 0 Å². The summed E-state index contributed by atoms with van der Waals surface area (Å²) in [5, 5.41) is 13.0. The van der Waals surface area contributed by atoms with E-state index in [4.69, 9.17) is 0 Å². The molecule has 0 radical (unpaired) electrons. The second kappa shape index (κ2) is 5.26. The maximum Gasteiger partial charge on any atom is 0.205 e. The fraction of sp³-hybridized carbons (Fsp3) is 0.778. The molecule has 0 aromatic carbocycles. The van der Waals surface area contributed by atoms with Crippen LogP contribution in [0.15, 0.2) is 0 Å². The number of nitrogens with zero attached hydrogens (tertiary/aromatic N) is 3. The number of hydrogen-bond acceptors (Lipinski definition) is 5. The number of aromatic nitrogens is 2. The fourth-order valence-corrected chi connectivity index (χ4v) is 2.11. The van der Waals surface area contributed by atoms with Crippen molar-refractivity contribution >= 4 is 16.5 Å². The summed E-state index contributed by atoms with van der Waals surface area (Å²) in [7, 11) is 3.97. The van der Waals surface area contributed by atoms with Gasteiger partial charge in [-0.2, -0.15) is 0 Å². The van der Waals surface area contributed by atoms with Crippen molar-refractivity contribution in [3.8, 4) is 0 Å². The van der Waals surface area contributed by atoms with Gasteiger partial charge in [0.1, 0.15) is 5.01 Å². The van der Waals surface area contributed by atoms with Crippen LogP contribution >= 0.6 is 11.3 Å². The zero-order valence-corrected chi connectivity index (χ0v) is 10.1. The van der Waals surface area contributed by atoms with Gasteiger partial charge in [0.05, 0.1) is 6.54 Å². The van der Waals surface area contributed by atoms with E-state index in [9.17, 15) is 0 Å². The van der Waals surface area contributed by atoms with Gasteiger partial charge in [-0.25, -0.2) is 0 Å². The summed E-state index contributed by atoms with van der Waals surface area (Å²) >= 11 is 1.61. The normalized spacial score (nSPS) is 11.3. The second-order valence-corrected chi connectivity index (χ2v) is 4.90. The Morgan fingerprint density at radius 3 is 2.64 bits per heavy atom. The van der Waals surface area contributed by atoms with Gasteiger partial charge < -0.3 is 5.32 Å². The summed E-state index contributed by atoms with van der Waals surface area (Å²) in [5.74, 6) is 0.691. The first-order valence-corrected chi connectivity index (χ1v) is 5.62. The largest absolute Gasteiger partial charge is 0.363 e. The summed E-state index contributed by atoms with van der Waals surface area (Å²) in [4.78, 5) is 2.27. The monoisotopic (exact) mass is 214 g/mol. The molecule has 0 aliphatic carbocycles.